The Bertz CT molecular complexity index is 594. The Morgan fingerprint density at radius 2 is 2.14 bits per heavy atom. The zero-order valence-electron chi connectivity index (χ0n) is 12.6. The molecule has 0 bridgehead atoms. The van der Waals surface area contributed by atoms with Gasteiger partial charge in [-0.1, -0.05) is 0 Å². The van der Waals surface area contributed by atoms with E-state index in [1.165, 1.54) is 20.0 Å². The van der Waals surface area contributed by atoms with Crippen molar-refractivity contribution in [3.05, 3.63) is 11.0 Å². The van der Waals surface area contributed by atoms with Crippen LogP contribution in [0.1, 0.15) is 30.3 Å². The minimum Gasteiger partial charge on any atom is -0.464 e. The number of aromatic nitrogens is 2. The van der Waals surface area contributed by atoms with Gasteiger partial charge < -0.3 is 20.1 Å². The number of esters is 1. The number of hydrogen-bond donors (Lipinski definition) is 1. The van der Waals surface area contributed by atoms with Crippen LogP contribution in [-0.2, 0) is 9.47 Å². The topological polar surface area (TPSA) is 90.6 Å². The first kappa shape index (κ1) is 15.3. The van der Waals surface area contributed by atoms with E-state index < -0.39 is 5.97 Å². The van der Waals surface area contributed by atoms with E-state index in [9.17, 15) is 4.79 Å². The second kappa shape index (κ2) is 5.89. The van der Waals surface area contributed by atoms with Gasteiger partial charge in [-0.25, -0.2) is 9.78 Å². The van der Waals surface area contributed by atoms with Gasteiger partial charge in [-0.05, 0) is 37.3 Å². The van der Waals surface area contributed by atoms with Gasteiger partial charge in [0.2, 0.25) is 5.28 Å². The Hall–Kier alpha value is -1.60. The fourth-order valence-corrected chi connectivity index (χ4v) is 2.98. The highest BCUT2D eigenvalue weighted by molar-refractivity contribution is 6.28. The minimum absolute atomic E-state index is 0.000355. The first-order chi connectivity index (χ1) is 10.5. The van der Waals surface area contributed by atoms with Crippen LogP contribution in [0, 0.1) is 5.92 Å². The fourth-order valence-electron chi connectivity index (χ4n) is 2.81. The smallest absolute Gasteiger partial charge is 0.359 e. The quantitative estimate of drug-likeness (QED) is 0.665. The second-order valence-electron chi connectivity index (χ2n) is 5.80. The van der Waals surface area contributed by atoms with E-state index in [1.54, 1.807) is 0 Å². The summed E-state index contributed by atoms with van der Waals surface area (Å²) in [6, 6.07) is 0. The normalized spacial score (nSPS) is 25.1. The molecule has 22 heavy (non-hydrogen) atoms. The van der Waals surface area contributed by atoms with Crippen molar-refractivity contribution in [2.45, 2.75) is 32.0 Å². The molecule has 120 valence electrons. The minimum atomic E-state index is -0.622. The number of carbonyl (C=O) groups is 1. The van der Waals surface area contributed by atoms with E-state index >= 15 is 0 Å². The average Bonchev–Trinajstić information content (AvgIpc) is 3.32. The molecular formula is C14H19ClN4O3. The summed E-state index contributed by atoms with van der Waals surface area (Å²) in [6.45, 7) is 3.34. The van der Waals surface area contributed by atoms with E-state index in [0.29, 0.717) is 24.8 Å². The number of carbonyl (C=O) groups excluding carboxylic acids is 1. The van der Waals surface area contributed by atoms with Crippen LogP contribution in [0.2, 0.25) is 5.28 Å². The van der Waals surface area contributed by atoms with Crippen LogP contribution in [0.15, 0.2) is 0 Å². The van der Waals surface area contributed by atoms with Crippen LogP contribution in [-0.4, -0.2) is 48.3 Å². The summed E-state index contributed by atoms with van der Waals surface area (Å²) in [5.41, 5.74) is 6.27. The number of ether oxygens (including phenoxy) is 2. The lowest BCUT2D eigenvalue weighted by Gasteiger charge is -2.38. The first-order valence-electron chi connectivity index (χ1n) is 7.31. The van der Waals surface area contributed by atoms with E-state index in [0.717, 1.165) is 0 Å². The molecule has 0 spiro atoms. The molecule has 0 unspecified atom stereocenters. The molecule has 3 rings (SSSR count). The molecule has 2 fully saturated rings. The molecule has 1 aromatic rings. The number of nitrogens with two attached hydrogens (primary N) is 1. The van der Waals surface area contributed by atoms with Gasteiger partial charge in [0, 0.05) is 13.1 Å². The molecule has 2 N–H and O–H groups in total. The lowest BCUT2D eigenvalue weighted by Crippen LogP contribution is -2.48. The number of morpholine rings is 1. The molecule has 0 amide bonds. The van der Waals surface area contributed by atoms with Crippen LogP contribution < -0.4 is 10.6 Å². The molecule has 0 aromatic carbocycles. The molecule has 1 aliphatic carbocycles. The molecule has 2 heterocycles. The zero-order chi connectivity index (χ0) is 15.9. The summed E-state index contributed by atoms with van der Waals surface area (Å²) in [4.78, 5) is 21.9. The lowest BCUT2D eigenvalue weighted by molar-refractivity contribution is -0.0273. The maximum absolute atomic E-state index is 11.8. The van der Waals surface area contributed by atoms with Crippen molar-refractivity contribution in [3.8, 4) is 0 Å². The van der Waals surface area contributed by atoms with Gasteiger partial charge in [0.05, 0.1) is 19.3 Å². The van der Waals surface area contributed by atoms with Crippen molar-refractivity contribution in [2.24, 2.45) is 5.92 Å². The SMILES string of the molecule is COC(=O)c1nc(Cl)nc(N2C[C@@H](C3CC3)O[C@@H](C)C2)c1N. The Labute approximate surface area is 133 Å². The molecule has 1 aliphatic heterocycles. The number of halogens is 1. The summed E-state index contributed by atoms with van der Waals surface area (Å²) in [7, 11) is 1.28. The summed E-state index contributed by atoms with van der Waals surface area (Å²) < 4.78 is 10.7. The summed E-state index contributed by atoms with van der Waals surface area (Å²) in [6.07, 6.45) is 2.62. The zero-order valence-corrected chi connectivity index (χ0v) is 13.3. The van der Waals surface area contributed by atoms with E-state index in [2.05, 4.69) is 9.97 Å². The molecule has 1 saturated heterocycles. The maximum atomic E-state index is 11.8. The first-order valence-corrected chi connectivity index (χ1v) is 7.69. The van der Waals surface area contributed by atoms with Crippen molar-refractivity contribution in [2.75, 3.05) is 30.8 Å². The largest absolute Gasteiger partial charge is 0.464 e. The van der Waals surface area contributed by atoms with Crippen molar-refractivity contribution >= 4 is 29.1 Å². The van der Waals surface area contributed by atoms with E-state index in [4.69, 9.17) is 26.8 Å². The highest BCUT2D eigenvalue weighted by Crippen LogP contribution is 2.38. The van der Waals surface area contributed by atoms with Crippen LogP contribution >= 0.6 is 11.6 Å². The van der Waals surface area contributed by atoms with Crippen LogP contribution in [0.3, 0.4) is 0 Å². The predicted octanol–water partition coefficient (Wildman–Crippen LogP) is 1.50. The standard InChI is InChI=1S/C14H19ClN4O3/c1-7-5-19(6-9(22-7)8-3-4-8)12-10(16)11(13(20)21-2)17-14(15)18-12/h7-9H,3-6,16H2,1-2H3/t7-,9-/m0/s1. The maximum Gasteiger partial charge on any atom is 0.359 e. The van der Waals surface area contributed by atoms with E-state index in [1.807, 2.05) is 11.8 Å². The number of anilines is 2. The van der Waals surface area contributed by atoms with Gasteiger partial charge in [-0.2, -0.15) is 4.98 Å². The summed E-state index contributed by atoms with van der Waals surface area (Å²) in [5, 5.41) is -0.0216. The average molecular weight is 327 g/mol. The summed E-state index contributed by atoms with van der Waals surface area (Å²) in [5.74, 6) is 0.452. The van der Waals surface area contributed by atoms with Gasteiger partial charge in [-0.15, -0.1) is 0 Å². The van der Waals surface area contributed by atoms with Gasteiger partial charge in [0.25, 0.3) is 0 Å². The number of methoxy groups -OCH3 is 1. The molecule has 2 atom stereocenters. The number of nitrogens with zero attached hydrogens (tertiary/aromatic N) is 3. The molecule has 1 aromatic heterocycles. The van der Waals surface area contributed by atoms with Crippen molar-refractivity contribution < 1.29 is 14.3 Å². The third-order valence-electron chi connectivity index (χ3n) is 4.01. The number of hydrogen-bond acceptors (Lipinski definition) is 7. The van der Waals surface area contributed by atoms with Crippen molar-refractivity contribution in [3.63, 3.8) is 0 Å². The van der Waals surface area contributed by atoms with Crippen LogP contribution in [0.5, 0.6) is 0 Å². The Balaban J connectivity index is 1.92. The second-order valence-corrected chi connectivity index (χ2v) is 6.14. The highest BCUT2D eigenvalue weighted by atomic mass is 35.5. The third kappa shape index (κ3) is 2.96. The molecule has 7 nitrogen and oxygen atoms in total. The Kier molecular flexibility index (Phi) is 4.10. The third-order valence-corrected chi connectivity index (χ3v) is 4.18. The van der Waals surface area contributed by atoms with Gasteiger partial charge in [0.1, 0.15) is 5.69 Å². The number of rotatable bonds is 3. The highest BCUT2D eigenvalue weighted by Gasteiger charge is 2.38. The van der Waals surface area contributed by atoms with Crippen molar-refractivity contribution in [1.82, 2.24) is 9.97 Å². The Morgan fingerprint density at radius 1 is 1.41 bits per heavy atom. The fraction of sp³-hybridized carbons (Fsp3) is 0.643. The predicted molar refractivity (Wildman–Crippen MR) is 82.1 cm³/mol. The Morgan fingerprint density at radius 3 is 2.77 bits per heavy atom. The van der Waals surface area contributed by atoms with Gasteiger partial charge in [-0.3, -0.25) is 0 Å². The lowest BCUT2D eigenvalue weighted by atomic mass is 10.1. The molecule has 0 radical (unpaired) electrons. The van der Waals surface area contributed by atoms with Gasteiger partial charge in [0.15, 0.2) is 11.5 Å². The molecule has 1 saturated carbocycles. The van der Waals surface area contributed by atoms with Crippen LogP contribution in [0.4, 0.5) is 11.5 Å². The van der Waals surface area contributed by atoms with E-state index in [-0.39, 0.29) is 28.9 Å². The molecular weight excluding hydrogens is 308 g/mol. The monoisotopic (exact) mass is 326 g/mol. The van der Waals surface area contributed by atoms with Crippen LogP contribution in [0.25, 0.3) is 0 Å². The molecule has 2 aliphatic rings. The number of nitrogen functional groups attached to an aromatic ring is 1. The van der Waals surface area contributed by atoms with Crippen molar-refractivity contribution in [1.29, 1.82) is 0 Å². The summed E-state index contributed by atoms with van der Waals surface area (Å²) >= 11 is 5.95. The van der Waals surface area contributed by atoms with Gasteiger partial charge >= 0.3 is 5.97 Å². The molecule has 8 heteroatoms.